The molecule has 0 spiro atoms. The van der Waals surface area contributed by atoms with Crippen LogP contribution in [0.3, 0.4) is 0 Å². The van der Waals surface area contributed by atoms with Gasteiger partial charge in [0.05, 0.1) is 11.7 Å². The Labute approximate surface area is 143 Å². The van der Waals surface area contributed by atoms with Crippen LogP contribution in [0.25, 0.3) is 0 Å². The van der Waals surface area contributed by atoms with Gasteiger partial charge in [0.15, 0.2) is 0 Å². The molecule has 1 fully saturated rings. The molecule has 6 nitrogen and oxygen atoms in total. The van der Waals surface area contributed by atoms with Crippen molar-refractivity contribution in [2.45, 2.75) is 64.6 Å². The van der Waals surface area contributed by atoms with Crippen LogP contribution in [0.1, 0.15) is 58.7 Å². The summed E-state index contributed by atoms with van der Waals surface area (Å²) in [5.41, 5.74) is 0.224. The monoisotopic (exact) mass is 333 g/mol. The second-order valence-electron chi connectivity index (χ2n) is 7.17. The highest BCUT2D eigenvalue weighted by Gasteiger charge is 2.35. The Morgan fingerprint density at radius 3 is 2.71 bits per heavy atom. The first-order valence-electron chi connectivity index (χ1n) is 8.49. The maximum Gasteiger partial charge on any atom is 0.410 e. The zero-order chi connectivity index (χ0) is 17.7. The van der Waals surface area contributed by atoms with Gasteiger partial charge in [-0.2, -0.15) is 0 Å². The van der Waals surface area contributed by atoms with Crippen molar-refractivity contribution in [1.82, 2.24) is 15.2 Å². The second kappa shape index (κ2) is 7.64. The van der Waals surface area contributed by atoms with Gasteiger partial charge in [-0.15, -0.1) is 0 Å². The number of nitrogens with zero attached hydrogens (tertiary/aromatic N) is 2. The summed E-state index contributed by atoms with van der Waals surface area (Å²) in [5, 5.41) is 2.96. The lowest BCUT2D eigenvalue weighted by Crippen LogP contribution is -2.53. The molecule has 6 heteroatoms. The van der Waals surface area contributed by atoms with Gasteiger partial charge in [-0.05, 0) is 59.1 Å². The van der Waals surface area contributed by atoms with Gasteiger partial charge in [0, 0.05) is 12.7 Å². The number of carbonyl (C=O) groups excluding carboxylic acids is 2. The molecule has 2 atom stereocenters. The summed E-state index contributed by atoms with van der Waals surface area (Å²) in [6, 6.07) is 4.90. The predicted octanol–water partition coefficient (Wildman–Crippen LogP) is 3.05. The van der Waals surface area contributed by atoms with Gasteiger partial charge in [-0.3, -0.25) is 14.7 Å². The molecule has 1 saturated heterocycles. The Balaban J connectivity index is 2.03. The standard InChI is InChI=1S/C18H27N3O3/c1-13(14-9-5-7-11-19-14)20-16(22)15-10-6-8-12-21(15)17(23)24-18(2,3)4/h5,7,9,11,13,15H,6,8,10,12H2,1-4H3,(H,20,22)/t13-,15+/m0/s1. The summed E-state index contributed by atoms with van der Waals surface area (Å²) in [6.45, 7) is 7.92. The summed E-state index contributed by atoms with van der Waals surface area (Å²) in [7, 11) is 0. The van der Waals surface area contributed by atoms with Crippen molar-refractivity contribution in [3.8, 4) is 0 Å². The molecule has 0 unspecified atom stereocenters. The van der Waals surface area contributed by atoms with E-state index in [1.807, 2.05) is 45.9 Å². The van der Waals surface area contributed by atoms with Crippen molar-refractivity contribution in [3.05, 3.63) is 30.1 Å². The van der Waals surface area contributed by atoms with Crippen molar-refractivity contribution in [3.63, 3.8) is 0 Å². The number of carbonyl (C=O) groups is 2. The van der Waals surface area contributed by atoms with E-state index in [0.29, 0.717) is 13.0 Å². The Hall–Kier alpha value is -2.11. The second-order valence-corrected chi connectivity index (χ2v) is 7.17. The van der Waals surface area contributed by atoms with Crippen LogP contribution in [0.2, 0.25) is 0 Å². The van der Waals surface area contributed by atoms with Crippen LogP contribution in [0, 0.1) is 0 Å². The van der Waals surface area contributed by atoms with Gasteiger partial charge < -0.3 is 10.1 Å². The fourth-order valence-electron chi connectivity index (χ4n) is 2.76. The lowest BCUT2D eigenvalue weighted by molar-refractivity contribution is -0.128. The van der Waals surface area contributed by atoms with Gasteiger partial charge in [-0.1, -0.05) is 6.07 Å². The van der Waals surface area contributed by atoms with E-state index in [4.69, 9.17) is 4.74 Å². The number of rotatable bonds is 3. The summed E-state index contributed by atoms with van der Waals surface area (Å²) < 4.78 is 5.44. The van der Waals surface area contributed by atoms with Gasteiger partial charge in [0.2, 0.25) is 5.91 Å². The first-order valence-corrected chi connectivity index (χ1v) is 8.49. The van der Waals surface area contributed by atoms with Crippen molar-refractivity contribution in [2.75, 3.05) is 6.54 Å². The van der Waals surface area contributed by atoms with Crippen molar-refractivity contribution in [1.29, 1.82) is 0 Å². The number of pyridine rings is 1. The molecule has 0 saturated carbocycles. The van der Waals surface area contributed by atoms with E-state index in [1.165, 1.54) is 0 Å². The topological polar surface area (TPSA) is 71.5 Å². The third-order valence-corrected chi connectivity index (χ3v) is 3.92. The predicted molar refractivity (Wildman–Crippen MR) is 91.4 cm³/mol. The smallest absolute Gasteiger partial charge is 0.410 e. The lowest BCUT2D eigenvalue weighted by Gasteiger charge is -2.36. The average molecular weight is 333 g/mol. The maximum atomic E-state index is 12.7. The molecule has 1 aromatic rings. The van der Waals surface area contributed by atoms with Crippen LogP contribution < -0.4 is 5.32 Å². The Morgan fingerprint density at radius 2 is 2.08 bits per heavy atom. The summed E-state index contributed by atoms with van der Waals surface area (Å²) in [5.74, 6) is -0.154. The minimum Gasteiger partial charge on any atom is -0.444 e. The SMILES string of the molecule is C[C@H](NC(=O)[C@H]1CCCCN1C(=O)OC(C)(C)C)c1ccccn1. The number of piperidine rings is 1. The number of nitrogens with one attached hydrogen (secondary N) is 1. The zero-order valence-electron chi connectivity index (χ0n) is 14.9. The molecule has 1 N–H and O–H groups in total. The molecule has 1 aliphatic heterocycles. The highest BCUT2D eigenvalue weighted by atomic mass is 16.6. The molecule has 1 aliphatic rings. The molecule has 2 heterocycles. The third-order valence-electron chi connectivity index (χ3n) is 3.92. The molecular formula is C18H27N3O3. The molecule has 2 rings (SSSR count). The fraction of sp³-hybridized carbons (Fsp3) is 0.611. The molecule has 1 aromatic heterocycles. The highest BCUT2D eigenvalue weighted by molar-refractivity contribution is 5.86. The van der Waals surface area contributed by atoms with Crippen LogP contribution in [0.5, 0.6) is 0 Å². The number of ether oxygens (including phenoxy) is 1. The molecular weight excluding hydrogens is 306 g/mol. The van der Waals surface area contributed by atoms with Crippen LogP contribution in [-0.4, -0.2) is 40.1 Å². The average Bonchev–Trinajstić information content (AvgIpc) is 2.54. The first-order chi connectivity index (χ1) is 11.3. The quantitative estimate of drug-likeness (QED) is 0.923. The van der Waals surface area contributed by atoms with Crippen LogP contribution >= 0.6 is 0 Å². The molecule has 0 aromatic carbocycles. The number of likely N-dealkylation sites (tertiary alicyclic amines) is 1. The van der Waals surface area contributed by atoms with Gasteiger partial charge in [0.1, 0.15) is 11.6 Å². The number of hydrogen-bond donors (Lipinski definition) is 1. The zero-order valence-corrected chi connectivity index (χ0v) is 14.9. The van der Waals surface area contributed by atoms with Gasteiger partial charge >= 0.3 is 6.09 Å². The summed E-state index contributed by atoms with van der Waals surface area (Å²) in [6.07, 6.45) is 3.74. The third kappa shape index (κ3) is 4.94. The minimum absolute atomic E-state index is 0.154. The van der Waals surface area contributed by atoms with Gasteiger partial charge in [0.25, 0.3) is 0 Å². The van der Waals surface area contributed by atoms with Crippen molar-refractivity contribution in [2.24, 2.45) is 0 Å². The summed E-state index contributed by atoms with van der Waals surface area (Å²) in [4.78, 5) is 30.9. The van der Waals surface area contributed by atoms with E-state index in [-0.39, 0.29) is 11.9 Å². The van der Waals surface area contributed by atoms with Crippen LogP contribution in [0.15, 0.2) is 24.4 Å². The Morgan fingerprint density at radius 1 is 1.33 bits per heavy atom. The van der Waals surface area contributed by atoms with Gasteiger partial charge in [-0.25, -0.2) is 4.79 Å². The molecule has 2 amide bonds. The highest BCUT2D eigenvalue weighted by Crippen LogP contribution is 2.21. The molecule has 0 bridgehead atoms. The summed E-state index contributed by atoms with van der Waals surface area (Å²) >= 11 is 0. The van der Waals surface area contributed by atoms with E-state index in [9.17, 15) is 9.59 Å². The van der Waals surface area contributed by atoms with Crippen molar-refractivity contribution < 1.29 is 14.3 Å². The first kappa shape index (κ1) is 18.2. The maximum absolute atomic E-state index is 12.7. The molecule has 132 valence electrons. The van der Waals surface area contributed by atoms with E-state index in [2.05, 4.69) is 10.3 Å². The van der Waals surface area contributed by atoms with E-state index < -0.39 is 17.7 Å². The number of hydrogen-bond acceptors (Lipinski definition) is 4. The van der Waals surface area contributed by atoms with Crippen LogP contribution in [0.4, 0.5) is 4.79 Å². The minimum atomic E-state index is -0.573. The Bertz CT molecular complexity index is 569. The van der Waals surface area contributed by atoms with E-state index >= 15 is 0 Å². The van der Waals surface area contributed by atoms with Crippen molar-refractivity contribution >= 4 is 12.0 Å². The van der Waals surface area contributed by atoms with E-state index in [1.54, 1.807) is 11.1 Å². The van der Waals surface area contributed by atoms with E-state index in [0.717, 1.165) is 18.5 Å². The molecule has 24 heavy (non-hydrogen) atoms. The van der Waals surface area contributed by atoms with Crippen LogP contribution in [-0.2, 0) is 9.53 Å². The number of aromatic nitrogens is 1. The molecule has 0 aliphatic carbocycles. The lowest BCUT2D eigenvalue weighted by atomic mass is 10.0. The fourth-order valence-corrected chi connectivity index (χ4v) is 2.76. The molecule has 0 radical (unpaired) electrons. The Kier molecular flexibility index (Phi) is 5.80. The normalized spacial score (nSPS) is 19.5. The number of amides is 2. The largest absolute Gasteiger partial charge is 0.444 e.